The van der Waals surface area contributed by atoms with Gasteiger partial charge in [-0.05, 0) is 18.6 Å². The highest BCUT2D eigenvalue weighted by molar-refractivity contribution is 5.35. The molecule has 17 heavy (non-hydrogen) atoms. The molecule has 0 aromatic heterocycles. The van der Waals surface area contributed by atoms with Crippen molar-refractivity contribution in [3.8, 4) is 0 Å². The Balaban J connectivity index is 2.50. The fourth-order valence-electron chi connectivity index (χ4n) is 1.36. The summed E-state index contributed by atoms with van der Waals surface area (Å²) in [5, 5.41) is 13.5. The van der Waals surface area contributed by atoms with Crippen molar-refractivity contribution in [3.63, 3.8) is 0 Å². The van der Waals surface area contributed by atoms with E-state index in [1.54, 1.807) is 0 Å². The number of nitro groups is 1. The summed E-state index contributed by atoms with van der Waals surface area (Å²) < 4.78 is 18.2. The van der Waals surface area contributed by atoms with E-state index in [0.29, 0.717) is 31.9 Å². The van der Waals surface area contributed by atoms with Gasteiger partial charge in [-0.3, -0.25) is 10.1 Å². The number of nitrogens with one attached hydrogen (secondary N) is 1. The molecule has 0 heterocycles. The summed E-state index contributed by atoms with van der Waals surface area (Å²) >= 11 is 0. The van der Waals surface area contributed by atoms with E-state index in [0.717, 1.165) is 6.07 Å². The number of halogens is 1. The minimum Gasteiger partial charge on any atom is -0.380 e. The topological polar surface area (TPSA) is 64.4 Å². The van der Waals surface area contributed by atoms with Crippen LogP contribution < -0.4 is 5.32 Å². The largest absolute Gasteiger partial charge is 0.380 e. The Labute approximate surface area is 98.7 Å². The fourth-order valence-corrected chi connectivity index (χ4v) is 1.36. The summed E-state index contributed by atoms with van der Waals surface area (Å²) in [4.78, 5) is 9.91. The zero-order valence-electron chi connectivity index (χ0n) is 9.61. The van der Waals surface area contributed by atoms with Crippen molar-refractivity contribution in [1.82, 2.24) is 5.32 Å². The van der Waals surface area contributed by atoms with Gasteiger partial charge in [0, 0.05) is 25.8 Å². The SMILES string of the molecule is CCOCCNCc1cc(F)cc([N+](=O)[O-])c1. The predicted octanol–water partition coefficient (Wildman–Crippen LogP) is 1.86. The maximum atomic E-state index is 13.1. The van der Waals surface area contributed by atoms with Crippen LogP contribution in [0.15, 0.2) is 18.2 Å². The maximum Gasteiger partial charge on any atom is 0.272 e. The number of non-ortho nitro benzene ring substituents is 1. The van der Waals surface area contributed by atoms with Crippen molar-refractivity contribution >= 4 is 5.69 Å². The van der Waals surface area contributed by atoms with E-state index in [2.05, 4.69) is 5.32 Å². The van der Waals surface area contributed by atoms with Crippen molar-refractivity contribution in [1.29, 1.82) is 0 Å². The molecule has 0 spiro atoms. The van der Waals surface area contributed by atoms with E-state index in [1.807, 2.05) is 6.92 Å². The van der Waals surface area contributed by atoms with Crippen LogP contribution >= 0.6 is 0 Å². The molecule has 94 valence electrons. The number of ether oxygens (including phenoxy) is 1. The molecule has 0 atom stereocenters. The van der Waals surface area contributed by atoms with Gasteiger partial charge in [0.2, 0.25) is 0 Å². The van der Waals surface area contributed by atoms with Gasteiger partial charge in [-0.25, -0.2) is 4.39 Å². The smallest absolute Gasteiger partial charge is 0.272 e. The van der Waals surface area contributed by atoms with Crippen LogP contribution in [0.3, 0.4) is 0 Å². The molecule has 0 radical (unpaired) electrons. The van der Waals surface area contributed by atoms with Crippen LogP contribution in [0.25, 0.3) is 0 Å². The average molecular weight is 242 g/mol. The van der Waals surface area contributed by atoms with E-state index >= 15 is 0 Å². The number of rotatable bonds is 7. The molecule has 1 aromatic rings. The van der Waals surface area contributed by atoms with Crippen molar-refractivity contribution in [2.24, 2.45) is 0 Å². The third kappa shape index (κ3) is 4.88. The highest BCUT2D eigenvalue weighted by Crippen LogP contribution is 2.15. The predicted molar refractivity (Wildman–Crippen MR) is 61.3 cm³/mol. The number of nitro benzene ring substituents is 1. The Morgan fingerprint density at radius 3 is 2.88 bits per heavy atom. The van der Waals surface area contributed by atoms with Crippen molar-refractivity contribution < 1.29 is 14.1 Å². The van der Waals surface area contributed by atoms with E-state index in [9.17, 15) is 14.5 Å². The van der Waals surface area contributed by atoms with Crippen LogP contribution in [0, 0.1) is 15.9 Å². The van der Waals surface area contributed by atoms with Gasteiger partial charge in [0.05, 0.1) is 17.6 Å². The van der Waals surface area contributed by atoms with Crippen LogP contribution in [0.1, 0.15) is 12.5 Å². The first-order valence-electron chi connectivity index (χ1n) is 5.35. The second-order valence-electron chi connectivity index (χ2n) is 3.45. The lowest BCUT2D eigenvalue weighted by Crippen LogP contribution is -2.19. The van der Waals surface area contributed by atoms with Gasteiger partial charge in [0.15, 0.2) is 0 Å². The minimum absolute atomic E-state index is 0.230. The molecular formula is C11H15FN2O3. The first-order chi connectivity index (χ1) is 8.13. The third-order valence-corrected chi connectivity index (χ3v) is 2.11. The fraction of sp³-hybridized carbons (Fsp3) is 0.455. The Morgan fingerprint density at radius 2 is 2.24 bits per heavy atom. The van der Waals surface area contributed by atoms with Crippen molar-refractivity contribution in [2.45, 2.75) is 13.5 Å². The van der Waals surface area contributed by atoms with Gasteiger partial charge >= 0.3 is 0 Å². The van der Waals surface area contributed by atoms with E-state index in [4.69, 9.17) is 4.74 Å². The molecule has 0 aliphatic heterocycles. The molecule has 1 N–H and O–H groups in total. The Morgan fingerprint density at radius 1 is 1.47 bits per heavy atom. The zero-order valence-corrected chi connectivity index (χ0v) is 9.61. The van der Waals surface area contributed by atoms with Crippen molar-refractivity contribution in [2.75, 3.05) is 19.8 Å². The second kappa shape index (κ2) is 6.93. The van der Waals surface area contributed by atoms with Gasteiger partial charge in [-0.2, -0.15) is 0 Å². The first kappa shape index (κ1) is 13.5. The standard InChI is InChI=1S/C11H15FN2O3/c1-2-17-4-3-13-8-9-5-10(12)7-11(6-9)14(15)16/h5-7,13H,2-4,8H2,1H3. The van der Waals surface area contributed by atoms with Gasteiger partial charge in [-0.1, -0.05) is 0 Å². The normalized spacial score (nSPS) is 10.5. The lowest BCUT2D eigenvalue weighted by molar-refractivity contribution is -0.385. The molecule has 0 fully saturated rings. The highest BCUT2D eigenvalue weighted by Gasteiger charge is 2.09. The van der Waals surface area contributed by atoms with Gasteiger partial charge in [0.25, 0.3) is 5.69 Å². The van der Waals surface area contributed by atoms with E-state index in [-0.39, 0.29) is 5.69 Å². The minimum atomic E-state index is -0.604. The number of nitrogens with zero attached hydrogens (tertiary/aromatic N) is 1. The van der Waals surface area contributed by atoms with Gasteiger partial charge in [0.1, 0.15) is 5.82 Å². The Bertz CT molecular complexity index is 385. The van der Waals surface area contributed by atoms with Crippen LogP contribution in [0.2, 0.25) is 0 Å². The molecule has 0 bridgehead atoms. The summed E-state index contributed by atoms with van der Waals surface area (Å²) in [5.41, 5.74) is 0.319. The number of benzene rings is 1. The van der Waals surface area contributed by atoms with Crippen molar-refractivity contribution in [3.05, 3.63) is 39.7 Å². The van der Waals surface area contributed by atoms with Crippen LogP contribution in [0.5, 0.6) is 0 Å². The Kier molecular flexibility index (Phi) is 5.51. The zero-order chi connectivity index (χ0) is 12.7. The molecule has 0 aliphatic rings. The lowest BCUT2D eigenvalue weighted by Gasteiger charge is -2.05. The Hall–Kier alpha value is -1.53. The molecule has 0 unspecified atom stereocenters. The molecule has 0 saturated heterocycles. The molecular weight excluding hydrogens is 227 g/mol. The quantitative estimate of drug-likeness (QED) is 0.450. The highest BCUT2D eigenvalue weighted by atomic mass is 19.1. The van der Waals surface area contributed by atoms with Crippen LogP contribution in [-0.2, 0) is 11.3 Å². The first-order valence-corrected chi connectivity index (χ1v) is 5.35. The van der Waals surface area contributed by atoms with E-state index in [1.165, 1.54) is 12.1 Å². The van der Waals surface area contributed by atoms with Crippen LogP contribution in [-0.4, -0.2) is 24.7 Å². The summed E-state index contributed by atoms with van der Waals surface area (Å²) in [5.74, 6) is -0.596. The monoisotopic (exact) mass is 242 g/mol. The van der Waals surface area contributed by atoms with E-state index < -0.39 is 10.7 Å². The molecule has 6 heteroatoms. The lowest BCUT2D eigenvalue weighted by atomic mass is 10.2. The summed E-state index contributed by atoms with van der Waals surface area (Å²) in [6, 6.07) is 3.54. The maximum absolute atomic E-state index is 13.1. The second-order valence-corrected chi connectivity index (χ2v) is 3.45. The average Bonchev–Trinajstić information content (AvgIpc) is 2.28. The molecule has 0 amide bonds. The van der Waals surface area contributed by atoms with Gasteiger partial charge in [-0.15, -0.1) is 0 Å². The summed E-state index contributed by atoms with van der Waals surface area (Å²) in [6.07, 6.45) is 0. The number of hydrogen-bond acceptors (Lipinski definition) is 4. The molecule has 0 saturated carbocycles. The third-order valence-electron chi connectivity index (χ3n) is 2.11. The molecule has 1 rings (SSSR count). The molecule has 5 nitrogen and oxygen atoms in total. The molecule has 0 aliphatic carbocycles. The number of hydrogen-bond donors (Lipinski definition) is 1. The van der Waals surface area contributed by atoms with Crippen LogP contribution in [0.4, 0.5) is 10.1 Å². The summed E-state index contributed by atoms with van der Waals surface area (Å²) in [6.45, 7) is 4.11. The molecule has 1 aromatic carbocycles. The van der Waals surface area contributed by atoms with Gasteiger partial charge < -0.3 is 10.1 Å². The summed E-state index contributed by atoms with van der Waals surface area (Å²) in [7, 11) is 0.